The van der Waals surface area contributed by atoms with Gasteiger partial charge in [-0.2, -0.15) is 5.10 Å². The van der Waals surface area contributed by atoms with E-state index in [9.17, 15) is 9.90 Å². The van der Waals surface area contributed by atoms with Gasteiger partial charge in [-0.3, -0.25) is 9.48 Å². The largest absolute Gasteiger partial charge is 0.391 e. The van der Waals surface area contributed by atoms with E-state index in [1.807, 2.05) is 12.1 Å². The second-order valence-electron chi connectivity index (χ2n) is 5.48. The van der Waals surface area contributed by atoms with Gasteiger partial charge >= 0.3 is 0 Å². The van der Waals surface area contributed by atoms with Crippen LogP contribution in [0.5, 0.6) is 0 Å². The van der Waals surface area contributed by atoms with Crippen molar-refractivity contribution >= 4 is 16.9 Å². The Morgan fingerprint density at radius 1 is 1.41 bits per heavy atom. The Kier molecular flexibility index (Phi) is 2.93. The molecule has 22 heavy (non-hydrogen) atoms. The summed E-state index contributed by atoms with van der Waals surface area (Å²) in [5.74, 6) is -0.202. The lowest BCUT2D eigenvalue weighted by Gasteiger charge is -2.41. The van der Waals surface area contributed by atoms with Gasteiger partial charge in [-0.05, 0) is 30.7 Å². The molecule has 0 spiro atoms. The Morgan fingerprint density at radius 2 is 2.32 bits per heavy atom. The third kappa shape index (κ3) is 2.06. The quantitative estimate of drug-likeness (QED) is 0.668. The molecule has 3 heterocycles. The highest BCUT2D eigenvalue weighted by molar-refractivity contribution is 5.97. The molecular weight excluding hydrogens is 282 g/mol. The highest BCUT2D eigenvalue weighted by Gasteiger charge is 2.42. The number of rotatable bonds is 3. The molecule has 1 amide bonds. The van der Waals surface area contributed by atoms with Crippen molar-refractivity contribution in [3.8, 4) is 0 Å². The van der Waals surface area contributed by atoms with Gasteiger partial charge in [0.2, 0.25) is 0 Å². The zero-order valence-corrected chi connectivity index (χ0v) is 11.7. The highest BCUT2D eigenvalue weighted by Crippen LogP contribution is 2.32. The lowest BCUT2D eigenvalue weighted by Crippen LogP contribution is -2.56. The predicted octanol–water partition coefficient (Wildman–Crippen LogP) is 0.864. The van der Waals surface area contributed by atoms with Crippen molar-refractivity contribution in [2.45, 2.75) is 24.6 Å². The zero-order valence-electron chi connectivity index (χ0n) is 11.7. The van der Waals surface area contributed by atoms with E-state index in [0.29, 0.717) is 17.8 Å². The lowest BCUT2D eigenvalue weighted by atomic mass is 9.83. The van der Waals surface area contributed by atoms with Gasteiger partial charge in [0.25, 0.3) is 5.91 Å². The van der Waals surface area contributed by atoms with Crippen LogP contribution in [-0.2, 0) is 0 Å². The molecule has 3 unspecified atom stereocenters. The fourth-order valence-corrected chi connectivity index (χ4v) is 2.90. The molecule has 1 fully saturated rings. The standard InChI is InChI=1S/C15H15N5O2/c21-12-8-10(13(12)20-6-2-5-17-20)19-15(22)11-7-9-3-1-4-16-14(9)18-11/h1-7,10,12-13,21H,8H2,(H,16,18)(H,19,22). The number of carbonyl (C=O) groups excluding carboxylic acids is 1. The van der Waals surface area contributed by atoms with E-state index in [0.717, 1.165) is 5.39 Å². The van der Waals surface area contributed by atoms with Crippen LogP contribution in [0, 0.1) is 0 Å². The summed E-state index contributed by atoms with van der Waals surface area (Å²) < 4.78 is 1.69. The van der Waals surface area contributed by atoms with Crippen molar-refractivity contribution in [3.05, 3.63) is 48.5 Å². The third-order valence-corrected chi connectivity index (χ3v) is 4.09. The molecule has 0 aromatic carbocycles. The summed E-state index contributed by atoms with van der Waals surface area (Å²) in [6.45, 7) is 0. The fourth-order valence-electron chi connectivity index (χ4n) is 2.90. The summed E-state index contributed by atoms with van der Waals surface area (Å²) in [7, 11) is 0. The second-order valence-corrected chi connectivity index (χ2v) is 5.48. The van der Waals surface area contributed by atoms with Crippen LogP contribution in [0.2, 0.25) is 0 Å². The maximum atomic E-state index is 12.4. The third-order valence-electron chi connectivity index (χ3n) is 4.09. The number of amides is 1. The van der Waals surface area contributed by atoms with Gasteiger partial charge in [0.1, 0.15) is 11.3 Å². The van der Waals surface area contributed by atoms with Crippen molar-refractivity contribution in [1.82, 2.24) is 25.1 Å². The van der Waals surface area contributed by atoms with Gasteiger partial charge in [-0.15, -0.1) is 0 Å². The van der Waals surface area contributed by atoms with Crippen LogP contribution in [0.15, 0.2) is 42.9 Å². The molecular formula is C15H15N5O2. The molecule has 3 aromatic rings. The van der Waals surface area contributed by atoms with Gasteiger partial charge in [-0.25, -0.2) is 4.98 Å². The van der Waals surface area contributed by atoms with Gasteiger partial charge in [-0.1, -0.05) is 0 Å². The normalized spacial score (nSPS) is 24.1. The smallest absolute Gasteiger partial charge is 0.268 e. The number of hydrogen-bond donors (Lipinski definition) is 3. The van der Waals surface area contributed by atoms with Crippen LogP contribution in [0.25, 0.3) is 11.0 Å². The van der Waals surface area contributed by atoms with E-state index in [1.54, 1.807) is 35.4 Å². The van der Waals surface area contributed by atoms with E-state index in [4.69, 9.17) is 0 Å². The monoisotopic (exact) mass is 297 g/mol. The van der Waals surface area contributed by atoms with E-state index in [1.165, 1.54) is 0 Å². The average molecular weight is 297 g/mol. The molecule has 4 rings (SSSR count). The molecule has 3 atom stereocenters. The zero-order chi connectivity index (χ0) is 15.1. The summed E-state index contributed by atoms with van der Waals surface area (Å²) in [4.78, 5) is 19.5. The molecule has 0 bridgehead atoms. The molecule has 112 valence electrons. The van der Waals surface area contributed by atoms with Crippen molar-refractivity contribution < 1.29 is 9.90 Å². The van der Waals surface area contributed by atoms with Crippen molar-refractivity contribution in [2.75, 3.05) is 0 Å². The Labute approximate surface area is 126 Å². The first-order valence-corrected chi connectivity index (χ1v) is 7.14. The lowest BCUT2D eigenvalue weighted by molar-refractivity contribution is -0.00594. The fraction of sp³-hybridized carbons (Fsp3) is 0.267. The van der Waals surface area contributed by atoms with Gasteiger partial charge in [0, 0.05) is 24.0 Å². The second kappa shape index (κ2) is 4.96. The average Bonchev–Trinajstić information content (AvgIpc) is 3.15. The van der Waals surface area contributed by atoms with Crippen molar-refractivity contribution in [2.24, 2.45) is 0 Å². The van der Waals surface area contributed by atoms with E-state index >= 15 is 0 Å². The number of aromatic amines is 1. The summed E-state index contributed by atoms with van der Waals surface area (Å²) >= 11 is 0. The molecule has 0 radical (unpaired) electrons. The van der Waals surface area contributed by atoms with Gasteiger partial charge in [0.05, 0.1) is 18.2 Å². The van der Waals surface area contributed by atoms with Crippen molar-refractivity contribution in [1.29, 1.82) is 0 Å². The Morgan fingerprint density at radius 3 is 3.05 bits per heavy atom. The molecule has 3 N–H and O–H groups in total. The number of aliphatic hydroxyl groups is 1. The SMILES string of the molecule is O=C(NC1CC(O)C1n1cccn1)c1cc2cccnc2[nH]1. The first kappa shape index (κ1) is 13.0. The van der Waals surface area contributed by atoms with Crippen LogP contribution < -0.4 is 5.32 Å². The van der Waals surface area contributed by atoms with E-state index in [2.05, 4.69) is 20.4 Å². The van der Waals surface area contributed by atoms with Crippen LogP contribution in [0.4, 0.5) is 0 Å². The maximum Gasteiger partial charge on any atom is 0.268 e. The summed E-state index contributed by atoms with van der Waals surface area (Å²) in [5.41, 5.74) is 1.15. The Hall–Kier alpha value is -2.67. The Bertz CT molecular complexity index is 777. The van der Waals surface area contributed by atoms with Crippen LogP contribution >= 0.6 is 0 Å². The molecule has 0 saturated heterocycles. The number of hydrogen-bond acceptors (Lipinski definition) is 4. The number of aliphatic hydroxyl groups excluding tert-OH is 1. The molecule has 3 aromatic heterocycles. The summed E-state index contributed by atoms with van der Waals surface area (Å²) in [6.07, 6.45) is 5.16. The molecule has 1 saturated carbocycles. The van der Waals surface area contributed by atoms with Crippen molar-refractivity contribution in [3.63, 3.8) is 0 Å². The van der Waals surface area contributed by atoms with Gasteiger partial charge in [0.15, 0.2) is 0 Å². The minimum absolute atomic E-state index is 0.137. The molecule has 7 nitrogen and oxygen atoms in total. The minimum Gasteiger partial charge on any atom is -0.391 e. The molecule has 1 aliphatic rings. The molecule has 0 aliphatic heterocycles. The number of nitrogens with one attached hydrogen (secondary N) is 2. The van der Waals surface area contributed by atoms with E-state index in [-0.39, 0.29) is 18.0 Å². The van der Waals surface area contributed by atoms with E-state index < -0.39 is 6.10 Å². The Balaban J connectivity index is 1.52. The molecule has 7 heteroatoms. The topological polar surface area (TPSA) is 95.8 Å². The van der Waals surface area contributed by atoms with Crippen LogP contribution in [0.1, 0.15) is 23.0 Å². The van der Waals surface area contributed by atoms with Crippen LogP contribution in [0.3, 0.4) is 0 Å². The van der Waals surface area contributed by atoms with Gasteiger partial charge < -0.3 is 15.4 Å². The number of carbonyl (C=O) groups is 1. The number of pyridine rings is 1. The number of H-pyrrole nitrogens is 1. The van der Waals surface area contributed by atoms with Crippen LogP contribution in [-0.4, -0.2) is 42.9 Å². The summed E-state index contributed by atoms with van der Waals surface area (Å²) in [5, 5.41) is 17.9. The number of nitrogens with zero attached hydrogens (tertiary/aromatic N) is 3. The summed E-state index contributed by atoms with van der Waals surface area (Å²) in [6, 6.07) is 6.94. The maximum absolute atomic E-state index is 12.4. The predicted molar refractivity (Wildman–Crippen MR) is 79.2 cm³/mol. The first-order chi connectivity index (χ1) is 10.7. The minimum atomic E-state index is -0.491. The molecule has 1 aliphatic carbocycles. The number of fused-ring (bicyclic) bond motifs is 1. The highest BCUT2D eigenvalue weighted by atomic mass is 16.3. The number of aromatic nitrogens is 4. The first-order valence-electron chi connectivity index (χ1n) is 7.14.